The predicted molar refractivity (Wildman–Crippen MR) is 78.2 cm³/mol. The highest BCUT2D eigenvalue weighted by Gasteiger charge is 2.13. The zero-order valence-electron chi connectivity index (χ0n) is 11.5. The molecule has 0 spiro atoms. The molecule has 5 nitrogen and oxygen atoms in total. The third-order valence-corrected chi connectivity index (χ3v) is 3.14. The van der Waals surface area contributed by atoms with Crippen LogP contribution in [0.2, 0.25) is 0 Å². The number of nitrogens with zero attached hydrogens (tertiary/aromatic N) is 1. The number of ether oxygens (including phenoxy) is 1. The summed E-state index contributed by atoms with van der Waals surface area (Å²) in [5, 5.41) is 2.81. The Bertz CT molecular complexity index is 747. The molecule has 21 heavy (non-hydrogen) atoms. The molecule has 0 atom stereocenters. The normalized spacial score (nSPS) is 10.5. The van der Waals surface area contributed by atoms with Crippen molar-refractivity contribution in [2.75, 3.05) is 7.11 Å². The van der Waals surface area contributed by atoms with Crippen LogP contribution in [0.15, 0.2) is 53.1 Å². The highest BCUT2D eigenvalue weighted by Crippen LogP contribution is 2.18. The highest BCUT2D eigenvalue weighted by atomic mass is 16.5. The fourth-order valence-electron chi connectivity index (χ4n) is 2.09. The maximum absolute atomic E-state index is 12.1. The summed E-state index contributed by atoms with van der Waals surface area (Å²) in [4.78, 5) is 16.2. The summed E-state index contributed by atoms with van der Waals surface area (Å²) in [6, 6.07) is 12.7. The second-order valence-electron chi connectivity index (χ2n) is 4.49. The molecule has 1 aromatic carbocycles. The van der Waals surface area contributed by atoms with Crippen LogP contribution in [-0.4, -0.2) is 18.0 Å². The lowest BCUT2D eigenvalue weighted by molar-refractivity contribution is 0.0925. The van der Waals surface area contributed by atoms with Crippen LogP contribution in [0.4, 0.5) is 0 Å². The molecule has 0 aliphatic carbocycles. The van der Waals surface area contributed by atoms with E-state index in [1.807, 2.05) is 24.3 Å². The minimum Gasteiger partial charge on any atom is -0.496 e. The van der Waals surface area contributed by atoms with Gasteiger partial charge in [-0.15, -0.1) is 0 Å². The van der Waals surface area contributed by atoms with E-state index in [4.69, 9.17) is 9.15 Å². The molecule has 1 N–H and O–H groups in total. The van der Waals surface area contributed by atoms with Crippen LogP contribution in [0.3, 0.4) is 0 Å². The number of fused-ring (bicyclic) bond motifs is 1. The van der Waals surface area contributed by atoms with Crippen LogP contribution >= 0.6 is 0 Å². The van der Waals surface area contributed by atoms with Gasteiger partial charge in [-0.05, 0) is 18.2 Å². The van der Waals surface area contributed by atoms with Gasteiger partial charge in [0, 0.05) is 24.4 Å². The van der Waals surface area contributed by atoms with Crippen LogP contribution in [0.5, 0.6) is 5.75 Å². The fraction of sp³-hybridized carbons (Fsp3) is 0.125. The van der Waals surface area contributed by atoms with E-state index in [1.165, 1.54) is 0 Å². The van der Waals surface area contributed by atoms with E-state index in [-0.39, 0.29) is 11.7 Å². The Morgan fingerprint density at radius 2 is 2.14 bits per heavy atom. The lowest BCUT2D eigenvalue weighted by atomic mass is 10.2. The van der Waals surface area contributed by atoms with Gasteiger partial charge in [0.15, 0.2) is 11.3 Å². The van der Waals surface area contributed by atoms with Crippen LogP contribution in [0.1, 0.15) is 16.1 Å². The number of carbonyl (C=O) groups excluding carboxylic acids is 1. The molecular formula is C16H14N2O3. The van der Waals surface area contributed by atoms with E-state index >= 15 is 0 Å². The molecule has 5 heteroatoms. The first-order chi connectivity index (χ1) is 10.3. The van der Waals surface area contributed by atoms with Crippen molar-refractivity contribution in [1.82, 2.24) is 10.3 Å². The Morgan fingerprint density at radius 1 is 1.29 bits per heavy atom. The Morgan fingerprint density at radius 3 is 2.95 bits per heavy atom. The van der Waals surface area contributed by atoms with E-state index in [0.717, 1.165) is 11.3 Å². The summed E-state index contributed by atoms with van der Waals surface area (Å²) in [7, 11) is 1.60. The maximum Gasteiger partial charge on any atom is 0.287 e. The second kappa shape index (κ2) is 5.66. The fourth-order valence-corrected chi connectivity index (χ4v) is 2.09. The molecule has 3 aromatic rings. The standard InChI is InChI=1S/C16H14N2O3/c1-20-13-6-3-2-5-11(13)10-18-16(19)15-9-12-14(21-15)7-4-8-17-12/h2-9H,10H2,1H3,(H,18,19). The molecule has 0 bridgehead atoms. The molecule has 1 amide bonds. The van der Waals surface area contributed by atoms with E-state index in [9.17, 15) is 4.79 Å². The number of rotatable bonds is 4. The maximum atomic E-state index is 12.1. The van der Waals surface area contributed by atoms with Gasteiger partial charge in [-0.1, -0.05) is 18.2 Å². The highest BCUT2D eigenvalue weighted by molar-refractivity contribution is 5.95. The molecule has 0 saturated carbocycles. The molecule has 0 saturated heterocycles. The number of benzene rings is 1. The number of nitrogens with one attached hydrogen (secondary N) is 1. The van der Waals surface area contributed by atoms with Gasteiger partial charge in [0.1, 0.15) is 11.3 Å². The lowest BCUT2D eigenvalue weighted by Gasteiger charge is -2.08. The van der Waals surface area contributed by atoms with Crippen molar-refractivity contribution in [3.8, 4) is 5.75 Å². The van der Waals surface area contributed by atoms with Crippen molar-refractivity contribution in [2.45, 2.75) is 6.54 Å². The van der Waals surface area contributed by atoms with Crippen molar-refractivity contribution >= 4 is 17.0 Å². The largest absolute Gasteiger partial charge is 0.496 e. The third kappa shape index (κ3) is 2.72. The van der Waals surface area contributed by atoms with Crippen molar-refractivity contribution in [3.05, 3.63) is 60.0 Å². The van der Waals surface area contributed by atoms with Crippen LogP contribution in [-0.2, 0) is 6.54 Å². The monoisotopic (exact) mass is 282 g/mol. The van der Waals surface area contributed by atoms with Gasteiger partial charge in [-0.3, -0.25) is 9.78 Å². The molecule has 106 valence electrons. The van der Waals surface area contributed by atoms with Crippen molar-refractivity contribution in [3.63, 3.8) is 0 Å². The van der Waals surface area contributed by atoms with Gasteiger partial charge >= 0.3 is 0 Å². The Labute approximate surface area is 121 Å². The number of para-hydroxylation sites is 1. The zero-order chi connectivity index (χ0) is 14.7. The summed E-state index contributed by atoms with van der Waals surface area (Å²) < 4.78 is 10.7. The Balaban J connectivity index is 1.74. The zero-order valence-corrected chi connectivity index (χ0v) is 11.5. The Kier molecular flexibility index (Phi) is 3.55. The van der Waals surface area contributed by atoms with Crippen LogP contribution in [0, 0.1) is 0 Å². The van der Waals surface area contributed by atoms with Gasteiger partial charge in [0.05, 0.1) is 7.11 Å². The summed E-state index contributed by atoms with van der Waals surface area (Å²) in [5.74, 6) is 0.710. The number of hydrogen-bond donors (Lipinski definition) is 1. The molecule has 0 radical (unpaired) electrons. The first kappa shape index (κ1) is 13.2. The molecular weight excluding hydrogens is 268 g/mol. The molecule has 2 heterocycles. The number of aromatic nitrogens is 1. The van der Waals surface area contributed by atoms with E-state index < -0.39 is 0 Å². The predicted octanol–water partition coefficient (Wildman–Crippen LogP) is 2.77. The molecule has 0 aliphatic rings. The Hall–Kier alpha value is -2.82. The number of amides is 1. The average Bonchev–Trinajstić information content (AvgIpc) is 2.97. The smallest absolute Gasteiger partial charge is 0.287 e. The number of hydrogen-bond acceptors (Lipinski definition) is 4. The van der Waals surface area contributed by atoms with Crippen molar-refractivity contribution < 1.29 is 13.9 Å². The average molecular weight is 282 g/mol. The number of furan rings is 1. The molecule has 0 unspecified atom stereocenters. The lowest BCUT2D eigenvalue weighted by Crippen LogP contribution is -2.22. The minimum absolute atomic E-state index is 0.249. The number of pyridine rings is 1. The van der Waals surface area contributed by atoms with E-state index in [1.54, 1.807) is 31.5 Å². The molecule has 2 aromatic heterocycles. The summed E-state index contributed by atoms with van der Waals surface area (Å²) in [6.45, 7) is 0.368. The van der Waals surface area contributed by atoms with Crippen LogP contribution < -0.4 is 10.1 Å². The van der Waals surface area contributed by atoms with E-state index in [2.05, 4.69) is 10.3 Å². The molecule has 3 rings (SSSR count). The quantitative estimate of drug-likeness (QED) is 0.799. The van der Waals surface area contributed by atoms with Crippen molar-refractivity contribution in [1.29, 1.82) is 0 Å². The number of methoxy groups -OCH3 is 1. The van der Waals surface area contributed by atoms with Gasteiger partial charge in [-0.2, -0.15) is 0 Å². The molecule has 0 aliphatic heterocycles. The van der Waals surface area contributed by atoms with Gasteiger partial charge in [-0.25, -0.2) is 0 Å². The van der Waals surface area contributed by atoms with Gasteiger partial charge < -0.3 is 14.5 Å². The summed E-state index contributed by atoms with van der Waals surface area (Å²) in [5.41, 5.74) is 2.17. The van der Waals surface area contributed by atoms with E-state index in [0.29, 0.717) is 17.6 Å². The summed E-state index contributed by atoms with van der Waals surface area (Å²) >= 11 is 0. The molecule has 0 fully saturated rings. The first-order valence-electron chi connectivity index (χ1n) is 6.52. The topological polar surface area (TPSA) is 64.4 Å². The second-order valence-corrected chi connectivity index (χ2v) is 4.49. The SMILES string of the molecule is COc1ccccc1CNC(=O)c1cc2ncccc2o1. The van der Waals surface area contributed by atoms with Gasteiger partial charge in [0.2, 0.25) is 0 Å². The van der Waals surface area contributed by atoms with Gasteiger partial charge in [0.25, 0.3) is 5.91 Å². The first-order valence-corrected chi connectivity index (χ1v) is 6.52. The summed E-state index contributed by atoms with van der Waals surface area (Å²) in [6.07, 6.45) is 1.66. The minimum atomic E-state index is -0.279. The van der Waals surface area contributed by atoms with Crippen molar-refractivity contribution in [2.24, 2.45) is 0 Å². The third-order valence-electron chi connectivity index (χ3n) is 3.14. The van der Waals surface area contributed by atoms with Crippen LogP contribution in [0.25, 0.3) is 11.1 Å². The number of carbonyl (C=O) groups is 1.